The summed E-state index contributed by atoms with van der Waals surface area (Å²) in [6.07, 6.45) is 6.55. The summed E-state index contributed by atoms with van der Waals surface area (Å²) in [7, 11) is 3.84. The van der Waals surface area contributed by atoms with Gasteiger partial charge in [0.1, 0.15) is 11.3 Å². The van der Waals surface area contributed by atoms with Gasteiger partial charge in [0.25, 0.3) is 0 Å². The Morgan fingerprint density at radius 1 is 1.20 bits per heavy atom. The van der Waals surface area contributed by atoms with Crippen LogP contribution in [0.3, 0.4) is 0 Å². The van der Waals surface area contributed by atoms with Crippen molar-refractivity contribution in [1.29, 1.82) is 0 Å². The first-order valence-electron chi connectivity index (χ1n) is 10.0. The lowest BCUT2D eigenvalue weighted by Crippen LogP contribution is -2.38. The van der Waals surface area contributed by atoms with Crippen molar-refractivity contribution in [3.8, 4) is 11.5 Å². The fourth-order valence-corrected chi connectivity index (χ4v) is 4.73. The van der Waals surface area contributed by atoms with Crippen LogP contribution in [0.4, 0.5) is 0 Å². The molecule has 0 fully saturated rings. The van der Waals surface area contributed by atoms with Crippen molar-refractivity contribution in [3.63, 3.8) is 0 Å². The van der Waals surface area contributed by atoms with E-state index in [0.29, 0.717) is 12.4 Å². The van der Waals surface area contributed by atoms with Gasteiger partial charge in [-0.2, -0.15) is 0 Å². The molecule has 160 valence electrons. The van der Waals surface area contributed by atoms with Gasteiger partial charge >= 0.3 is 0 Å². The number of guanidine groups is 1. The van der Waals surface area contributed by atoms with Crippen LogP contribution in [0.2, 0.25) is 0 Å². The van der Waals surface area contributed by atoms with E-state index in [1.807, 2.05) is 30.5 Å². The van der Waals surface area contributed by atoms with Crippen LogP contribution < -0.4 is 5.32 Å². The Morgan fingerprint density at radius 3 is 2.70 bits per heavy atom. The SMILES string of the molecule is CN=C(NCc1coc(-c2ccc(C)cc2)n1)N(C)Cc1nc2c(s1)CCCC2.I. The van der Waals surface area contributed by atoms with Crippen molar-refractivity contribution >= 4 is 41.3 Å². The number of hydrogen-bond acceptors (Lipinski definition) is 5. The van der Waals surface area contributed by atoms with E-state index in [2.05, 4.69) is 39.2 Å². The fourth-order valence-electron chi connectivity index (χ4n) is 3.52. The number of aryl methyl sites for hydroxylation is 3. The summed E-state index contributed by atoms with van der Waals surface area (Å²) in [5.41, 5.74) is 4.35. The summed E-state index contributed by atoms with van der Waals surface area (Å²) in [6.45, 7) is 3.38. The molecule has 2 heterocycles. The molecule has 0 atom stereocenters. The summed E-state index contributed by atoms with van der Waals surface area (Å²) in [4.78, 5) is 17.4. The zero-order valence-corrected chi connectivity index (χ0v) is 20.8. The number of aliphatic imine (C=N–C) groups is 1. The van der Waals surface area contributed by atoms with E-state index in [1.54, 1.807) is 13.3 Å². The van der Waals surface area contributed by atoms with Crippen LogP contribution in [-0.4, -0.2) is 34.9 Å². The first-order valence-corrected chi connectivity index (χ1v) is 10.8. The fraction of sp³-hybridized carbons (Fsp3) is 0.409. The molecule has 0 saturated carbocycles. The highest BCUT2D eigenvalue weighted by Gasteiger charge is 2.17. The van der Waals surface area contributed by atoms with E-state index in [1.165, 1.54) is 35.4 Å². The van der Waals surface area contributed by atoms with Crippen molar-refractivity contribution in [2.75, 3.05) is 14.1 Å². The van der Waals surface area contributed by atoms with Gasteiger partial charge in [0, 0.05) is 24.5 Å². The van der Waals surface area contributed by atoms with Gasteiger partial charge in [0.15, 0.2) is 5.96 Å². The van der Waals surface area contributed by atoms with Gasteiger partial charge in [-0.1, -0.05) is 17.7 Å². The monoisotopic (exact) mass is 537 g/mol. The lowest BCUT2D eigenvalue weighted by atomic mass is 10.0. The number of hydrogen-bond donors (Lipinski definition) is 1. The molecule has 0 amide bonds. The molecule has 8 heteroatoms. The second kappa shape index (κ2) is 10.4. The average molecular weight is 537 g/mol. The Labute approximate surface area is 198 Å². The van der Waals surface area contributed by atoms with E-state index in [4.69, 9.17) is 9.40 Å². The van der Waals surface area contributed by atoms with E-state index < -0.39 is 0 Å². The Bertz CT molecular complexity index is 972. The maximum atomic E-state index is 5.65. The number of halogens is 1. The van der Waals surface area contributed by atoms with Gasteiger partial charge < -0.3 is 14.6 Å². The highest BCUT2D eigenvalue weighted by atomic mass is 127. The first kappa shape index (κ1) is 22.7. The zero-order chi connectivity index (χ0) is 20.2. The van der Waals surface area contributed by atoms with E-state index in [9.17, 15) is 0 Å². The summed E-state index contributed by atoms with van der Waals surface area (Å²) in [5, 5.41) is 4.53. The van der Waals surface area contributed by atoms with Crippen molar-refractivity contribution in [1.82, 2.24) is 20.2 Å². The highest BCUT2D eigenvalue weighted by Crippen LogP contribution is 2.27. The maximum absolute atomic E-state index is 5.65. The molecule has 4 rings (SSSR count). The van der Waals surface area contributed by atoms with Crippen molar-refractivity contribution in [2.45, 2.75) is 45.7 Å². The molecule has 0 unspecified atom stereocenters. The van der Waals surface area contributed by atoms with Gasteiger partial charge in [-0.3, -0.25) is 4.99 Å². The number of nitrogens with zero attached hydrogens (tertiary/aromatic N) is 4. The number of oxazole rings is 1. The number of fused-ring (bicyclic) bond motifs is 1. The molecule has 0 saturated heterocycles. The Kier molecular flexibility index (Phi) is 7.87. The van der Waals surface area contributed by atoms with Crippen LogP contribution in [0.25, 0.3) is 11.5 Å². The number of aromatic nitrogens is 2. The zero-order valence-electron chi connectivity index (χ0n) is 17.6. The Morgan fingerprint density at radius 2 is 1.97 bits per heavy atom. The van der Waals surface area contributed by atoms with Crippen molar-refractivity contribution < 1.29 is 4.42 Å². The molecule has 1 N–H and O–H groups in total. The standard InChI is InChI=1S/C22H27N5OS.HI/c1-15-8-10-16(11-9-15)21-25-17(14-28-21)12-24-22(23-2)27(3)13-20-26-18-6-4-5-7-19(18)29-20;/h8-11,14H,4-7,12-13H2,1-3H3,(H,23,24);1H. The molecule has 1 aromatic carbocycles. The quantitative estimate of drug-likeness (QED) is 0.288. The summed E-state index contributed by atoms with van der Waals surface area (Å²) >= 11 is 1.85. The molecule has 30 heavy (non-hydrogen) atoms. The topological polar surface area (TPSA) is 66.6 Å². The predicted octanol–water partition coefficient (Wildman–Crippen LogP) is 4.81. The van der Waals surface area contributed by atoms with Crippen LogP contribution in [0.15, 0.2) is 39.9 Å². The molecule has 0 aliphatic heterocycles. The third-order valence-electron chi connectivity index (χ3n) is 5.11. The summed E-state index contributed by atoms with van der Waals surface area (Å²) in [6, 6.07) is 8.17. The molecular formula is C22H28IN5OS. The van der Waals surface area contributed by atoms with Crippen LogP contribution >= 0.6 is 35.3 Å². The minimum atomic E-state index is 0. The highest BCUT2D eigenvalue weighted by molar-refractivity contribution is 14.0. The molecule has 0 radical (unpaired) electrons. The van der Waals surface area contributed by atoms with Crippen LogP contribution in [0, 0.1) is 6.92 Å². The molecule has 0 spiro atoms. The van der Waals surface area contributed by atoms with E-state index in [0.717, 1.165) is 35.2 Å². The second-order valence-electron chi connectivity index (χ2n) is 7.45. The molecule has 3 aromatic rings. The number of rotatable bonds is 5. The number of nitrogens with one attached hydrogen (secondary N) is 1. The van der Waals surface area contributed by atoms with Gasteiger partial charge in [0.05, 0.1) is 24.5 Å². The van der Waals surface area contributed by atoms with E-state index >= 15 is 0 Å². The lowest BCUT2D eigenvalue weighted by Gasteiger charge is -2.20. The normalized spacial score (nSPS) is 13.5. The smallest absolute Gasteiger partial charge is 0.226 e. The minimum absolute atomic E-state index is 0. The lowest BCUT2D eigenvalue weighted by molar-refractivity contribution is 0.473. The second-order valence-corrected chi connectivity index (χ2v) is 8.62. The minimum Gasteiger partial charge on any atom is -0.444 e. The largest absolute Gasteiger partial charge is 0.444 e. The molecule has 1 aliphatic carbocycles. The molecule has 1 aliphatic rings. The molecular weight excluding hydrogens is 509 g/mol. The third kappa shape index (κ3) is 5.40. The van der Waals surface area contributed by atoms with Gasteiger partial charge in [-0.15, -0.1) is 35.3 Å². The third-order valence-corrected chi connectivity index (χ3v) is 6.26. The maximum Gasteiger partial charge on any atom is 0.226 e. The van der Waals surface area contributed by atoms with Crippen LogP contribution in [-0.2, 0) is 25.9 Å². The van der Waals surface area contributed by atoms with Crippen molar-refractivity contribution in [2.24, 2.45) is 4.99 Å². The van der Waals surface area contributed by atoms with E-state index in [-0.39, 0.29) is 24.0 Å². The molecule has 0 bridgehead atoms. The van der Waals surface area contributed by atoms with Gasteiger partial charge in [-0.05, 0) is 44.7 Å². The van der Waals surface area contributed by atoms with Crippen LogP contribution in [0.5, 0.6) is 0 Å². The molecule has 6 nitrogen and oxygen atoms in total. The Hall–Kier alpha value is -1.94. The van der Waals surface area contributed by atoms with Crippen LogP contribution in [0.1, 0.15) is 39.7 Å². The number of benzene rings is 1. The summed E-state index contributed by atoms with van der Waals surface area (Å²) in [5.74, 6) is 1.46. The van der Waals surface area contributed by atoms with Gasteiger partial charge in [-0.25, -0.2) is 9.97 Å². The predicted molar refractivity (Wildman–Crippen MR) is 133 cm³/mol. The number of thiazole rings is 1. The Balaban J connectivity index is 0.00000256. The molecule has 2 aromatic heterocycles. The van der Waals surface area contributed by atoms with Crippen molar-refractivity contribution in [3.05, 3.63) is 57.4 Å². The first-order chi connectivity index (χ1) is 14.1. The average Bonchev–Trinajstić information content (AvgIpc) is 3.35. The van der Waals surface area contributed by atoms with Gasteiger partial charge in [0.2, 0.25) is 5.89 Å². The summed E-state index contributed by atoms with van der Waals surface area (Å²) < 4.78 is 5.65.